The molecule has 0 aliphatic carbocycles. The quantitative estimate of drug-likeness (QED) is 0.476. The fourth-order valence-electron chi connectivity index (χ4n) is 2.38. The van der Waals surface area contributed by atoms with E-state index in [-0.39, 0.29) is 6.61 Å². The standard InChI is InChI=1S/C21H19FN4O3/c22-18-7-9-19(10-8-18)29-15-21(28)25-24-20(27)11-6-17-12-23-26(14-17)13-16-4-2-1-3-5-16/h1-12,14H,13,15H2,(H,24,27)(H,25,28)/b11-6+. The van der Waals surface area contributed by atoms with Gasteiger partial charge in [0.15, 0.2) is 6.61 Å². The summed E-state index contributed by atoms with van der Waals surface area (Å²) >= 11 is 0. The van der Waals surface area contributed by atoms with Gasteiger partial charge in [-0.3, -0.25) is 25.1 Å². The van der Waals surface area contributed by atoms with Crippen LogP contribution in [0, 0.1) is 5.82 Å². The Balaban J connectivity index is 1.40. The van der Waals surface area contributed by atoms with Gasteiger partial charge in [0.25, 0.3) is 11.8 Å². The van der Waals surface area contributed by atoms with Gasteiger partial charge in [-0.1, -0.05) is 30.3 Å². The van der Waals surface area contributed by atoms with E-state index < -0.39 is 17.6 Å². The molecule has 0 saturated carbocycles. The number of aromatic nitrogens is 2. The number of hydrogen-bond acceptors (Lipinski definition) is 4. The Morgan fingerprint density at radius 3 is 2.59 bits per heavy atom. The van der Waals surface area contributed by atoms with Crippen molar-refractivity contribution in [3.8, 4) is 5.75 Å². The Hall–Kier alpha value is -3.94. The summed E-state index contributed by atoms with van der Waals surface area (Å²) in [7, 11) is 0. The third kappa shape index (κ3) is 6.62. The van der Waals surface area contributed by atoms with E-state index in [4.69, 9.17) is 4.74 Å². The second-order valence-corrected chi connectivity index (χ2v) is 6.07. The van der Waals surface area contributed by atoms with Crippen molar-refractivity contribution in [2.45, 2.75) is 6.54 Å². The van der Waals surface area contributed by atoms with Gasteiger partial charge in [0.05, 0.1) is 12.7 Å². The lowest BCUT2D eigenvalue weighted by Crippen LogP contribution is -2.43. The van der Waals surface area contributed by atoms with E-state index in [2.05, 4.69) is 16.0 Å². The first kappa shape index (κ1) is 19.8. The zero-order valence-electron chi connectivity index (χ0n) is 15.4. The van der Waals surface area contributed by atoms with Crippen LogP contribution in [-0.4, -0.2) is 28.2 Å². The van der Waals surface area contributed by atoms with Gasteiger partial charge >= 0.3 is 0 Å². The third-order valence-electron chi connectivity index (χ3n) is 3.78. The van der Waals surface area contributed by atoms with Crippen LogP contribution in [0.2, 0.25) is 0 Å². The molecule has 0 aliphatic rings. The highest BCUT2D eigenvalue weighted by Gasteiger charge is 2.04. The minimum absolute atomic E-state index is 0.318. The molecule has 8 heteroatoms. The Kier molecular flexibility index (Phi) is 6.72. The number of rotatable bonds is 7. The van der Waals surface area contributed by atoms with Crippen LogP contribution in [-0.2, 0) is 16.1 Å². The summed E-state index contributed by atoms with van der Waals surface area (Å²) in [5.74, 6) is -1.10. The summed E-state index contributed by atoms with van der Waals surface area (Å²) in [6, 6.07) is 15.1. The summed E-state index contributed by atoms with van der Waals surface area (Å²) in [4.78, 5) is 23.5. The predicted molar refractivity (Wildman–Crippen MR) is 105 cm³/mol. The summed E-state index contributed by atoms with van der Waals surface area (Å²) in [5, 5.41) is 4.25. The predicted octanol–water partition coefficient (Wildman–Crippen LogP) is 2.31. The Morgan fingerprint density at radius 2 is 1.83 bits per heavy atom. The third-order valence-corrected chi connectivity index (χ3v) is 3.78. The number of carbonyl (C=O) groups is 2. The Bertz CT molecular complexity index is 985. The second-order valence-electron chi connectivity index (χ2n) is 6.07. The molecule has 1 heterocycles. The zero-order chi connectivity index (χ0) is 20.5. The van der Waals surface area contributed by atoms with E-state index in [0.29, 0.717) is 12.3 Å². The van der Waals surface area contributed by atoms with Gasteiger partial charge in [0.1, 0.15) is 11.6 Å². The van der Waals surface area contributed by atoms with Crippen LogP contribution in [0.5, 0.6) is 5.75 Å². The van der Waals surface area contributed by atoms with Crippen molar-refractivity contribution in [1.29, 1.82) is 0 Å². The number of hydrazine groups is 1. The number of amides is 2. The zero-order valence-corrected chi connectivity index (χ0v) is 15.4. The fourth-order valence-corrected chi connectivity index (χ4v) is 2.38. The Morgan fingerprint density at radius 1 is 1.07 bits per heavy atom. The molecule has 0 unspecified atom stereocenters. The lowest BCUT2D eigenvalue weighted by atomic mass is 10.2. The van der Waals surface area contributed by atoms with Crippen LogP contribution in [0.25, 0.3) is 6.08 Å². The van der Waals surface area contributed by atoms with Crippen LogP contribution in [0.3, 0.4) is 0 Å². The summed E-state index contributed by atoms with van der Waals surface area (Å²) in [6.07, 6.45) is 6.32. The minimum atomic E-state index is -0.549. The van der Waals surface area contributed by atoms with Crippen molar-refractivity contribution in [2.24, 2.45) is 0 Å². The molecule has 3 rings (SSSR count). The van der Waals surface area contributed by atoms with Crippen molar-refractivity contribution in [3.63, 3.8) is 0 Å². The number of ether oxygens (including phenoxy) is 1. The van der Waals surface area contributed by atoms with Gasteiger partial charge in [-0.05, 0) is 35.9 Å². The molecule has 29 heavy (non-hydrogen) atoms. The van der Waals surface area contributed by atoms with Crippen LogP contribution in [0.1, 0.15) is 11.1 Å². The molecule has 0 spiro atoms. The first-order valence-corrected chi connectivity index (χ1v) is 8.80. The van der Waals surface area contributed by atoms with Gasteiger partial charge in [-0.15, -0.1) is 0 Å². The van der Waals surface area contributed by atoms with Crippen LogP contribution in [0.4, 0.5) is 4.39 Å². The highest BCUT2D eigenvalue weighted by molar-refractivity contribution is 5.93. The van der Waals surface area contributed by atoms with Crippen molar-refractivity contribution in [1.82, 2.24) is 20.6 Å². The average Bonchev–Trinajstić information content (AvgIpc) is 3.18. The van der Waals surface area contributed by atoms with E-state index in [1.165, 1.54) is 30.3 Å². The van der Waals surface area contributed by atoms with Gasteiger partial charge in [0.2, 0.25) is 0 Å². The van der Waals surface area contributed by atoms with Crippen molar-refractivity contribution >= 4 is 17.9 Å². The molecule has 2 N–H and O–H groups in total. The second kappa shape index (κ2) is 9.84. The lowest BCUT2D eigenvalue weighted by molar-refractivity contribution is -0.128. The first-order chi connectivity index (χ1) is 14.1. The molecule has 0 radical (unpaired) electrons. The molecular formula is C21H19FN4O3. The van der Waals surface area contributed by atoms with Crippen molar-refractivity contribution in [2.75, 3.05) is 6.61 Å². The maximum Gasteiger partial charge on any atom is 0.276 e. The molecule has 0 saturated heterocycles. The highest BCUT2D eigenvalue weighted by Crippen LogP contribution is 2.10. The molecule has 148 valence electrons. The molecule has 0 fully saturated rings. The first-order valence-electron chi connectivity index (χ1n) is 8.80. The summed E-state index contributed by atoms with van der Waals surface area (Å²) < 4.78 is 19.7. The lowest BCUT2D eigenvalue weighted by Gasteiger charge is -2.07. The van der Waals surface area contributed by atoms with E-state index in [9.17, 15) is 14.0 Å². The van der Waals surface area contributed by atoms with Gasteiger partial charge in [-0.25, -0.2) is 4.39 Å². The molecule has 2 amide bonds. The molecule has 2 aromatic carbocycles. The number of halogens is 1. The van der Waals surface area contributed by atoms with E-state index in [1.807, 2.05) is 36.5 Å². The molecule has 3 aromatic rings. The maximum atomic E-state index is 12.8. The van der Waals surface area contributed by atoms with Gasteiger partial charge in [0, 0.05) is 17.8 Å². The average molecular weight is 394 g/mol. The minimum Gasteiger partial charge on any atom is -0.484 e. The summed E-state index contributed by atoms with van der Waals surface area (Å²) in [5.41, 5.74) is 6.35. The molecule has 0 bridgehead atoms. The fraction of sp³-hybridized carbons (Fsp3) is 0.0952. The molecule has 0 aliphatic heterocycles. The molecule has 1 aromatic heterocycles. The topological polar surface area (TPSA) is 85.3 Å². The number of carbonyl (C=O) groups excluding carboxylic acids is 2. The van der Waals surface area contributed by atoms with E-state index >= 15 is 0 Å². The highest BCUT2D eigenvalue weighted by atomic mass is 19.1. The molecule has 7 nitrogen and oxygen atoms in total. The van der Waals surface area contributed by atoms with Crippen LogP contribution >= 0.6 is 0 Å². The number of nitrogens with zero attached hydrogens (tertiary/aromatic N) is 2. The summed E-state index contributed by atoms with van der Waals surface area (Å²) in [6.45, 7) is 0.312. The maximum absolute atomic E-state index is 12.8. The SMILES string of the molecule is O=C(/C=C/c1cnn(Cc2ccccc2)c1)NNC(=O)COc1ccc(F)cc1. The van der Waals surface area contributed by atoms with E-state index in [1.54, 1.807) is 17.0 Å². The van der Waals surface area contributed by atoms with Crippen LogP contribution in [0.15, 0.2) is 73.1 Å². The smallest absolute Gasteiger partial charge is 0.276 e. The number of hydrogen-bond donors (Lipinski definition) is 2. The van der Waals surface area contributed by atoms with Crippen molar-refractivity contribution in [3.05, 3.63) is 90.0 Å². The number of benzene rings is 2. The molecule has 0 atom stereocenters. The molecular weight excluding hydrogens is 375 g/mol. The normalized spacial score (nSPS) is 10.7. The monoisotopic (exact) mass is 394 g/mol. The van der Waals surface area contributed by atoms with Gasteiger partial charge in [-0.2, -0.15) is 5.10 Å². The van der Waals surface area contributed by atoms with Crippen molar-refractivity contribution < 1.29 is 18.7 Å². The number of nitrogens with one attached hydrogen (secondary N) is 2. The van der Waals surface area contributed by atoms with Gasteiger partial charge < -0.3 is 4.74 Å². The largest absolute Gasteiger partial charge is 0.484 e. The van der Waals surface area contributed by atoms with Crippen LogP contribution < -0.4 is 15.6 Å². The Labute approximate surface area is 166 Å². The van der Waals surface area contributed by atoms with E-state index in [0.717, 1.165) is 11.1 Å².